The van der Waals surface area contributed by atoms with Crippen LogP contribution in [0.3, 0.4) is 0 Å². The maximum absolute atomic E-state index is 13.1. The molecule has 0 atom stereocenters. The van der Waals surface area contributed by atoms with Crippen LogP contribution >= 0.6 is 0 Å². The summed E-state index contributed by atoms with van der Waals surface area (Å²) < 4.78 is 39.0. The van der Waals surface area contributed by atoms with E-state index in [0.29, 0.717) is 24.3 Å². The van der Waals surface area contributed by atoms with Gasteiger partial charge in [-0.2, -0.15) is 0 Å². The highest BCUT2D eigenvalue weighted by Crippen LogP contribution is 2.48. The van der Waals surface area contributed by atoms with Crippen molar-refractivity contribution in [3.63, 3.8) is 0 Å². The quantitative estimate of drug-likeness (QED) is 0.826. The summed E-state index contributed by atoms with van der Waals surface area (Å²) in [4.78, 5) is 11.9. The van der Waals surface area contributed by atoms with Gasteiger partial charge in [-0.3, -0.25) is 4.79 Å². The molecule has 20 heavy (non-hydrogen) atoms. The van der Waals surface area contributed by atoms with Gasteiger partial charge in [-0.05, 0) is 55.6 Å². The fraction of sp³-hybridized carbons (Fsp3) is 0.533. The molecule has 0 radical (unpaired) electrons. The van der Waals surface area contributed by atoms with E-state index in [4.69, 9.17) is 0 Å². The summed E-state index contributed by atoms with van der Waals surface area (Å²) in [5.41, 5.74) is -0.174. The molecular weight excluding hydrogens is 267 g/mol. The van der Waals surface area contributed by atoms with Gasteiger partial charge < -0.3 is 5.32 Å². The second kappa shape index (κ2) is 5.11. The van der Waals surface area contributed by atoms with E-state index in [0.717, 1.165) is 12.1 Å². The zero-order chi connectivity index (χ0) is 14.3. The molecule has 2 fully saturated rings. The number of hydrogen-bond donors (Lipinski definition) is 1. The lowest BCUT2D eigenvalue weighted by Gasteiger charge is -2.16. The molecule has 1 N–H and O–H groups in total. The van der Waals surface area contributed by atoms with E-state index in [1.807, 2.05) is 0 Å². The topological polar surface area (TPSA) is 29.1 Å². The Morgan fingerprint density at radius 2 is 1.60 bits per heavy atom. The number of benzene rings is 1. The second-order valence-electron chi connectivity index (χ2n) is 5.80. The van der Waals surface area contributed by atoms with E-state index in [-0.39, 0.29) is 5.56 Å². The molecule has 2 aliphatic rings. The van der Waals surface area contributed by atoms with Crippen molar-refractivity contribution in [2.45, 2.75) is 25.7 Å². The van der Waals surface area contributed by atoms with Crippen LogP contribution in [0.25, 0.3) is 0 Å². The Morgan fingerprint density at radius 1 is 1.10 bits per heavy atom. The van der Waals surface area contributed by atoms with Crippen LogP contribution in [-0.2, 0) is 0 Å². The Labute approximate surface area is 115 Å². The van der Waals surface area contributed by atoms with Crippen LogP contribution in [0.1, 0.15) is 36.0 Å². The minimum atomic E-state index is -1.55. The first-order valence-electron chi connectivity index (χ1n) is 6.99. The summed E-state index contributed by atoms with van der Waals surface area (Å²) in [6, 6.07) is 1.47. The van der Waals surface area contributed by atoms with Crippen molar-refractivity contribution in [1.29, 1.82) is 0 Å². The van der Waals surface area contributed by atoms with E-state index in [1.165, 1.54) is 25.7 Å². The van der Waals surface area contributed by atoms with Crippen LogP contribution in [0.4, 0.5) is 13.2 Å². The normalized spacial score (nSPS) is 18.4. The monoisotopic (exact) mass is 283 g/mol. The van der Waals surface area contributed by atoms with Gasteiger partial charge in [-0.15, -0.1) is 0 Å². The SMILES string of the molecule is O=C(NCC(C1CC1)C1CC1)c1cc(F)c(F)c(F)c1. The molecule has 2 aliphatic carbocycles. The van der Waals surface area contributed by atoms with E-state index in [2.05, 4.69) is 5.32 Å². The van der Waals surface area contributed by atoms with Crippen LogP contribution < -0.4 is 5.32 Å². The minimum absolute atomic E-state index is 0.174. The molecule has 1 aromatic rings. The second-order valence-corrected chi connectivity index (χ2v) is 5.80. The van der Waals surface area contributed by atoms with Crippen molar-refractivity contribution >= 4 is 5.91 Å². The molecule has 2 nitrogen and oxygen atoms in total. The lowest BCUT2D eigenvalue weighted by atomic mass is 9.98. The van der Waals surface area contributed by atoms with Gasteiger partial charge in [-0.1, -0.05) is 0 Å². The van der Waals surface area contributed by atoms with Crippen molar-refractivity contribution in [2.24, 2.45) is 17.8 Å². The zero-order valence-corrected chi connectivity index (χ0v) is 11.0. The third kappa shape index (κ3) is 2.81. The molecule has 3 rings (SSSR count). The third-order valence-corrected chi connectivity index (χ3v) is 4.20. The Balaban J connectivity index is 1.63. The fourth-order valence-corrected chi connectivity index (χ4v) is 2.77. The Kier molecular flexibility index (Phi) is 3.44. The summed E-state index contributed by atoms with van der Waals surface area (Å²) in [5.74, 6) is -2.92. The van der Waals surface area contributed by atoms with Crippen molar-refractivity contribution in [3.8, 4) is 0 Å². The highest BCUT2D eigenvalue weighted by atomic mass is 19.2. The van der Waals surface area contributed by atoms with Crippen LogP contribution in [0.5, 0.6) is 0 Å². The predicted octanol–water partition coefficient (Wildman–Crippen LogP) is 3.27. The molecule has 108 valence electrons. The summed E-state index contributed by atoms with van der Waals surface area (Å²) in [6.45, 7) is 0.536. The van der Waals surface area contributed by atoms with Gasteiger partial charge in [-0.25, -0.2) is 13.2 Å². The van der Waals surface area contributed by atoms with Crippen LogP contribution in [0, 0.1) is 35.2 Å². The number of nitrogens with one attached hydrogen (secondary N) is 1. The lowest BCUT2D eigenvalue weighted by molar-refractivity contribution is 0.0942. The van der Waals surface area contributed by atoms with E-state index in [1.54, 1.807) is 0 Å². The molecule has 0 unspecified atom stereocenters. The number of halogens is 3. The molecule has 5 heteroatoms. The van der Waals surface area contributed by atoms with Crippen molar-refractivity contribution in [1.82, 2.24) is 5.32 Å². The molecule has 2 saturated carbocycles. The number of hydrogen-bond acceptors (Lipinski definition) is 1. The molecule has 0 spiro atoms. The molecule has 0 bridgehead atoms. The van der Waals surface area contributed by atoms with Gasteiger partial charge in [0.15, 0.2) is 17.5 Å². The lowest BCUT2D eigenvalue weighted by Crippen LogP contribution is -2.31. The van der Waals surface area contributed by atoms with Gasteiger partial charge in [0, 0.05) is 12.1 Å². The first-order valence-corrected chi connectivity index (χ1v) is 6.99. The molecule has 1 amide bonds. The Morgan fingerprint density at radius 3 is 2.05 bits per heavy atom. The Bertz CT molecular complexity index is 503. The Hall–Kier alpha value is -1.52. The molecule has 0 aliphatic heterocycles. The van der Waals surface area contributed by atoms with Crippen LogP contribution in [0.2, 0.25) is 0 Å². The number of amides is 1. The standard InChI is InChI=1S/C15H16F3NO/c16-12-5-10(6-13(17)14(12)18)15(20)19-7-11(8-1-2-8)9-3-4-9/h5-6,8-9,11H,1-4,7H2,(H,19,20). The summed E-state index contributed by atoms with van der Waals surface area (Å²) >= 11 is 0. The maximum atomic E-state index is 13.1. The van der Waals surface area contributed by atoms with Crippen molar-refractivity contribution in [3.05, 3.63) is 35.1 Å². The summed E-state index contributed by atoms with van der Waals surface area (Å²) in [7, 11) is 0. The largest absolute Gasteiger partial charge is 0.352 e. The summed E-state index contributed by atoms with van der Waals surface area (Å²) in [5, 5.41) is 2.72. The number of carbonyl (C=O) groups is 1. The molecule has 0 heterocycles. The van der Waals surface area contributed by atoms with Gasteiger partial charge in [0.1, 0.15) is 0 Å². The van der Waals surface area contributed by atoms with Gasteiger partial charge in [0.2, 0.25) is 0 Å². The average Bonchev–Trinajstić information content (AvgIpc) is 3.26. The first-order chi connectivity index (χ1) is 9.56. The van der Waals surface area contributed by atoms with Crippen LogP contribution in [0.15, 0.2) is 12.1 Å². The van der Waals surface area contributed by atoms with E-state index < -0.39 is 23.4 Å². The highest BCUT2D eigenvalue weighted by Gasteiger charge is 2.41. The van der Waals surface area contributed by atoms with Gasteiger partial charge >= 0.3 is 0 Å². The molecule has 0 aromatic heterocycles. The van der Waals surface area contributed by atoms with E-state index in [9.17, 15) is 18.0 Å². The van der Waals surface area contributed by atoms with Crippen molar-refractivity contribution < 1.29 is 18.0 Å². The van der Waals surface area contributed by atoms with Crippen molar-refractivity contribution in [2.75, 3.05) is 6.54 Å². The summed E-state index contributed by atoms with van der Waals surface area (Å²) in [6.07, 6.45) is 4.82. The van der Waals surface area contributed by atoms with Crippen LogP contribution in [-0.4, -0.2) is 12.5 Å². The molecule has 0 saturated heterocycles. The molecule has 1 aromatic carbocycles. The first kappa shape index (κ1) is 13.5. The average molecular weight is 283 g/mol. The smallest absolute Gasteiger partial charge is 0.251 e. The predicted molar refractivity (Wildman–Crippen MR) is 67.6 cm³/mol. The van der Waals surface area contributed by atoms with Gasteiger partial charge in [0.05, 0.1) is 0 Å². The maximum Gasteiger partial charge on any atom is 0.251 e. The zero-order valence-electron chi connectivity index (χ0n) is 11.0. The highest BCUT2D eigenvalue weighted by molar-refractivity contribution is 5.94. The number of rotatable bonds is 5. The fourth-order valence-electron chi connectivity index (χ4n) is 2.77. The minimum Gasteiger partial charge on any atom is -0.352 e. The van der Waals surface area contributed by atoms with E-state index >= 15 is 0 Å². The third-order valence-electron chi connectivity index (χ3n) is 4.20. The number of carbonyl (C=O) groups excluding carboxylic acids is 1. The van der Waals surface area contributed by atoms with Gasteiger partial charge in [0.25, 0.3) is 5.91 Å². The molecular formula is C15H16F3NO.